The van der Waals surface area contributed by atoms with Crippen LogP contribution in [0.2, 0.25) is 0 Å². The molecule has 0 bridgehead atoms. The molecule has 0 aromatic heterocycles. The average molecular weight is 219 g/mol. The summed E-state index contributed by atoms with van der Waals surface area (Å²) < 4.78 is 0. The van der Waals surface area contributed by atoms with E-state index in [2.05, 4.69) is 24.3 Å². The third kappa shape index (κ3) is 2.63. The van der Waals surface area contributed by atoms with Crippen LogP contribution in [0.4, 0.5) is 0 Å². The first-order chi connectivity index (χ1) is 7.81. The zero-order valence-corrected chi connectivity index (χ0v) is 9.73. The van der Waals surface area contributed by atoms with E-state index in [-0.39, 0.29) is 6.10 Å². The van der Waals surface area contributed by atoms with E-state index in [9.17, 15) is 5.11 Å². The van der Waals surface area contributed by atoms with Gasteiger partial charge in [-0.3, -0.25) is 0 Å². The number of aliphatic hydroxyl groups excluding tert-OH is 1. The molecule has 88 valence electrons. The number of hydrogen-bond donors (Lipinski definition) is 2. The highest BCUT2D eigenvalue weighted by atomic mass is 16.3. The number of hydrogen-bond acceptors (Lipinski definition) is 2. The van der Waals surface area contributed by atoms with Crippen LogP contribution in [0, 0.1) is 0 Å². The second kappa shape index (κ2) is 5.46. The summed E-state index contributed by atoms with van der Waals surface area (Å²) in [4.78, 5) is 0. The standard InChI is InChI=1S/C14H21NO/c15-9-8-13(16)10-12-6-3-5-11-4-1-2-7-14(11)12/h1-2,4,7,12-13,16H,3,5-6,8-10,15H2. The molecule has 2 rings (SSSR count). The zero-order valence-electron chi connectivity index (χ0n) is 9.73. The van der Waals surface area contributed by atoms with Crippen molar-refractivity contribution in [2.75, 3.05) is 6.54 Å². The first kappa shape index (κ1) is 11.6. The van der Waals surface area contributed by atoms with Crippen LogP contribution in [0.1, 0.15) is 42.7 Å². The van der Waals surface area contributed by atoms with Gasteiger partial charge in [-0.05, 0) is 55.7 Å². The number of fused-ring (bicyclic) bond motifs is 1. The first-order valence-corrected chi connectivity index (χ1v) is 6.27. The summed E-state index contributed by atoms with van der Waals surface area (Å²) in [5.74, 6) is 0.534. The number of rotatable bonds is 4. The normalized spacial score (nSPS) is 21.5. The van der Waals surface area contributed by atoms with Crippen LogP contribution in [0.15, 0.2) is 24.3 Å². The van der Waals surface area contributed by atoms with Gasteiger partial charge in [0.05, 0.1) is 6.10 Å². The van der Waals surface area contributed by atoms with E-state index >= 15 is 0 Å². The van der Waals surface area contributed by atoms with E-state index in [4.69, 9.17) is 5.73 Å². The maximum absolute atomic E-state index is 9.85. The third-order valence-electron chi connectivity index (χ3n) is 3.55. The molecule has 0 amide bonds. The van der Waals surface area contributed by atoms with Gasteiger partial charge < -0.3 is 10.8 Å². The van der Waals surface area contributed by atoms with Crippen molar-refractivity contribution in [1.82, 2.24) is 0 Å². The Morgan fingerprint density at radius 2 is 2.19 bits per heavy atom. The summed E-state index contributed by atoms with van der Waals surface area (Å²) in [6.07, 6.45) is 5.00. The highest BCUT2D eigenvalue weighted by Gasteiger charge is 2.21. The van der Waals surface area contributed by atoms with Crippen molar-refractivity contribution in [3.05, 3.63) is 35.4 Å². The van der Waals surface area contributed by atoms with E-state index < -0.39 is 0 Å². The number of nitrogens with two attached hydrogens (primary N) is 1. The summed E-state index contributed by atoms with van der Waals surface area (Å²) in [5.41, 5.74) is 8.39. The van der Waals surface area contributed by atoms with Crippen LogP contribution in [-0.2, 0) is 6.42 Å². The number of aliphatic hydroxyl groups is 1. The van der Waals surface area contributed by atoms with Crippen molar-refractivity contribution in [3.63, 3.8) is 0 Å². The molecule has 2 unspecified atom stereocenters. The van der Waals surface area contributed by atoms with E-state index in [1.54, 1.807) is 0 Å². The van der Waals surface area contributed by atoms with Crippen LogP contribution in [0.5, 0.6) is 0 Å². The van der Waals surface area contributed by atoms with Gasteiger partial charge in [-0.15, -0.1) is 0 Å². The van der Waals surface area contributed by atoms with E-state index in [1.807, 2.05) is 0 Å². The summed E-state index contributed by atoms with van der Waals surface area (Å²) >= 11 is 0. The molecule has 1 aromatic carbocycles. The van der Waals surface area contributed by atoms with Gasteiger partial charge in [-0.1, -0.05) is 24.3 Å². The van der Waals surface area contributed by atoms with Gasteiger partial charge in [0, 0.05) is 0 Å². The minimum absolute atomic E-state index is 0.235. The molecule has 16 heavy (non-hydrogen) atoms. The molecule has 0 radical (unpaired) electrons. The first-order valence-electron chi connectivity index (χ1n) is 6.27. The topological polar surface area (TPSA) is 46.2 Å². The molecule has 0 spiro atoms. The second-order valence-electron chi connectivity index (χ2n) is 4.75. The third-order valence-corrected chi connectivity index (χ3v) is 3.55. The molecule has 1 aromatic rings. The Morgan fingerprint density at radius 1 is 1.38 bits per heavy atom. The Hall–Kier alpha value is -0.860. The fourth-order valence-electron chi connectivity index (χ4n) is 2.74. The fraction of sp³-hybridized carbons (Fsp3) is 0.571. The van der Waals surface area contributed by atoms with Crippen molar-refractivity contribution in [2.24, 2.45) is 5.73 Å². The van der Waals surface area contributed by atoms with Crippen LogP contribution in [-0.4, -0.2) is 17.8 Å². The average Bonchev–Trinajstić information content (AvgIpc) is 2.30. The Bertz CT molecular complexity index is 337. The molecule has 2 atom stereocenters. The van der Waals surface area contributed by atoms with Gasteiger partial charge in [-0.2, -0.15) is 0 Å². The Kier molecular flexibility index (Phi) is 3.97. The lowest BCUT2D eigenvalue weighted by Crippen LogP contribution is -2.19. The number of benzene rings is 1. The van der Waals surface area contributed by atoms with Gasteiger partial charge >= 0.3 is 0 Å². The molecule has 0 aliphatic heterocycles. The quantitative estimate of drug-likeness (QED) is 0.815. The second-order valence-corrected chi connectivity index (χ2v) is 4.75. The van der Waals surface area contributed by atoms with Gasteiger partial charge in [0.2, 0.25) is 0 Å². The molecule has 0 heterocycles. The zero-order chi connectivity index (χ0) is 11.4. The Balaban J connectivity index is 2.07. The summed E-state index contributed by atoms with van der Waals surface area (Å²) in [6, 6.07) is 8.65. The fourth-order valence-corrected chi connectivity index (χ4v) is 2.74. The lowest BCUT2D eigenvalue weighted by Gasteiger charge is -2.27. The smallest absolute Gasteiger partial charge is 0.0558 e. The molecule has 1 aliphatic rings. The van der Waals surface area contributed by atoms with Crippen molar-refractivity contribution in [1.29, 1.82) is 0 Å². The monoisotopic (exact) mass is 219 g/mol. The molecular weight excluding hydrogens is 198 g/mol. The maximum atomic E-state index is 9.85. The van der Waals surface area contributed by atoms with Crippen LogP contribution < -0.4 is 5.73 Å². The molecular formula is C14H21NO. The lowest BCUT2D eigenvalue weighted by molar-refractivity contribution is 0.145. The molecule has 2 nitrogen and oxygen atoms in total. The summed E-state index contributed by atoms with van der Waals surface area (Å²) in [6.45, 7) is 0.579. The number of aryl methyl sites for hydroxylation is 1. The van der Waals surface area contributed by atoms with Crippen molar-refractivity contribution >= 4 is 0 Å². The van der Waals surface area contributed by atoms with E-state index in [0.29, 0.717) is 12.5 Å². The van der Waals surface area contributed by atoms with Gasteiger partial charge in [0.1, 0.15) is 0 Å². The van der Waals surface area contributed by atoms with Crippen molar-refractivity contribution in [2.45, 2.75) is 44.1 Å². The van der Waals surface area contributed by atoms with E-state index in [0.717, 1.165) is 12.8 Å². The molecule has 3 N–H and O–H groups in total. The van der Waals surface area contributed by atoms with Crippen molar-refractivity contribution < 1.29 is 5.11 Å². The summed E-state index contributed by atoms with van der Waals surface area (Å²) in [7, 11) is 0. The van der Waals surface area contributed by atoms with Crippen LogP contribution in [0.25, 0.3) is 0 Å². The largest absolute Gasteiger partial charge is 0.393 e. The van der Waals surface area contributed by atoms with E-state index in [1.165, 1.54) is 30.4 Å². The summed E-state index contributed by atoms with van der Waals surface area (Å²) in [5, 5.41) is 9.85. The van der Waals surface area contributed by atoms with Gasteiger partial charge in [0.25, 0.3) is 0 Å². The minimum Gasteiger partial charge on any atom is -0.393 e. The Morgan fingerprint density at radius 3 is 3.00 bits per heavy atom. The predicted octanol–water partition coefficient (Wildman–Crippen LogP) is 2.21. The molecule has 0 fully saturated rings. The highest BCUT2D eigenvalue weighted by Crippen LogP contribution is 2.34. The van der Waals surface area contributed by atoms with Crippen LogP contribution >= 0.6 is 0 Å². The molecule has 2 heteroatoms. The predicted molar refractivity (Wildman–Crippen MR) is 66.4 cm³/mol. The van der Waals surface area contributed by atoms with Gasteiger partial charge in [-0.25, -0.2) is 0 Å². The molecule has 0 saturated heterocycles. The maximum Gasteiger partial charge on any atom is 0.0558 e. The molecule has 0 saturated carbocycles. The minimum atomic E-state index is -0.235. The highest BCUT2D eigenvalue weighted by molar-refractivity contribution is 5.32. The SMILES string of the molecule is NCCC(O)CC1CCCc2ccccc21. The molecule has 1 aliphatic carbocycles. The lowest BCUT2D eigenvalue weighted by atomic mass is 9.80. The van der Waals surface area contributed by atoms with Crippen molar-refractivity contribution in [3.8, 4) is 0 Å². The van der Waals surface area contributed by atoms with Crippen LogP contribution in [0.3, 0.4) is 0 Å². The Labute approximate surface area is 97.5 Å². The van der Waals surface area contributed by atoms with Gasteiger partial charge in [0.15, 0.2) is 0 Å².